The molecule has 3 N–H and O–H groups in total. The fourth-order valence-corrected chi connectivity index (χ4v) is 5.60. The summed E-state index contributed by atoms with van der Waals surface area (Å²) in [6.45, 7) is 0. The maximum absolute atomic E-state index is 13.1. The molecule has 0 bridgehead atoms. The van der Waals surface area contributed by atoms with Crippen molar-refractivity contribution in [1.82, 2.24) is 4.72 Å². The lowest BCUT2D eigenvalue weighted by atomic mass is 9.94. The smallest absolute Gasteiger partial charge is 0.241 e. The molecule has 5 nitrogen and oxygen atoms in total. The van der Waals surface area contributed by atoms with Gasteiger partial charge in [-0.15, -0.1) is 0 Å². The number of hydrogen-bond donors (Lipinski definition) is 2. The predicted molar refractivity (Wildman–Crippen MR) is 116 cm³/mol. The van der Waals surface area contributed by atoms with Gasteiger partial charge in [-0.05, 0) is 51.4 Å². The standard InChI is InChI=1S/C21H20N2O3S2/c1-27-12-11-17(21(22)24)23-28(25,26)18-10-8-15-6-5-13-3-2-4-14-7-9-16(18)20(15)19(13)14/h2-10,17,23H,11-12H2,1H3,(H2,22,24)/t17-/m0/s1. The molecule has 0 radical (unpaired) electrons. The molecule has 0 aromatic heterocycles. The summed E-state index contributed by atoms with van der Waals surface area (Å²) in [6, 6.07) is 16.3. The molecule has 0 aliphatic carbocycles. The van der Waals surface area contributed by atoms with E-state index in [0.717, 1.165) is 26.9 Å². The highest BCUT2D eigenvalue weighted by atomic mass is 32.2. The third kappa shape index (κ3) is 3.19. The van der Waals surface area contributed by atoms with Crippen LogP contribution in [-0.2, 0) is 14.8 Å². The Bertz CT molecular complexity index is 1270. The first-order chi connectivity index (χ1) is 13.4. The summed E-state index contributed by atoms with van der Waals surface area (Å²) < 4.78 is 28.8. The minimum atomic E-state index is -3.92. The second-order valence-corrected chi connectivity index (χ2v) is 9.45. The van der Waals surface area contributed by atoms with Crippen LogP contribution in [0, 0.1) is 0 Å². The van der Waals surface area contributed by atoms with E-state index in [4.69, 9.17) is 5.73 Å². The Hall–Kier alpha value is -2.35. The van der Waals surface area contributed by atoms with E-state index in [2.05, 4.69) is 4.72 Å². The molecule has 28 heavy (non-hydrogen) atoms. The van der Waals surface area contributed by atoms with Crippen LogP contribution in [0.3, 0.4) is 0 Å². The summed E-state index contributed by atoms with van der Waals surface area (Å²) in [7, 11) is -3.92. The van der Waals surface area contributed by atoms with Crippen LogP contribution in [0.15, 0.2) is 59.5 Å². The van der Waals surface area contributed by atoms with Gasteiger partial charge in [0.25, 0.3) is 0 Å². The molecule has 0 saturated heterocycles. The van der Waals surface area contributed by atoms with E-state index in [1.54, 1.807) is 6.07 Å². The molecule has 1 atom stereocenters. The molecule has 0 heterocycles. The van der Waals surface area contributed by atoms with Gasteiger partial charge in [0, 0.05) is 5.39 Å². The van der Waals surface area contributed by atoms with E-state index < -0.39 is 22.0 Å². The molecule has 0 fully saturated rings. The van der Waals surface area contributed by atoms with Gasteiger partial charge in [0.15, 0.2) is 0 Å². The Morgan fingerprint density at radius 2 is 1.61 bits per heavy atom. The zero-order valence-corrected chi connectivity index (χ0v) is 16.9. The van der Waals surface area contributed by atoms with E-state index >= 15 is 0 Å². The van der Waals surface area contributed by atoms with Crippen molar-refractivity contribution < 1.29 is 13.2 Å². The van der Waals surface area contributed by atoms with Crippen LogP contribution in [-0.4, -0.2) is 32.4 Å². The fraction of sp³-hybridized carbons (Fsp3) is 0.190. The van der Waals surface area contributed by atoms with Crippen LogP contribution in [0.2, 0.25) is 0 Å². The number of carbonyl (C=O) groups is 1. The van der Waals surface area contributed by atoms with Crippen molar-refractivity contribution in [1.29, 1.82) is 0 Å². The molecule has 4 rings (SSSR count). The zero-order valence-electron chi connectivity index (χ0n) is 15.3. The number of rotatable bonds is 7. The van der Waals surface area contributed by atoms with Gasteiger partial charge in [0.2, 0.25) is 15.9 Å². The van der Waals surface area contributed by atoms with Crippen LogP contribution in [0.5, 0.6) is 0 Å². The second kappa shape index (κ2) is 7.24. The van der Waals surface area contributed by atoms with E-state index in [1.807, 2.05) is 54.8 Å². The Balaban J connectivity index is 1.89. The molecule has 1 amide bonds. The first-order valence-corrected chi connectivity index (χ1v) is 11.8. The molecular weight excluding hydrogens is 392 g/mol. The molecule has 0 unspecified atom stereocenters. The summed E-state index contributed by atoms with van der Waals surface area (Å²) >= 11 is 1.53. The first-order valence-electron chi connectivity index (χ1n) is 8.89. The average Bonchev–Trinajstić information content (AvgIpc) is 2.69. The Kier molecular flexibility index (Phi) is 4.91. The monoisotopic (exact) mass is 412 g/mol. The van der Waals surface area contributed by atoms with Crippen molar-refractivity contribution in [3.05, 3.63) is 54.6 Å². The summed E-state index contributed by atoms with van der Waals surface area (Å²) in [5.41, 5.74) is 5.42. The van der Waals surface area contributed by atoms with Crippen molar-refractivity contribution in [2.45, 2.75) is 17.4 Å². The number of carbonyl (C=O) groups excluding carboxylic acids is 1. The van der Waals surface area contributed by atoms with Gasteiger partial charge in [-0.2, -0.15) is 16.5 Å². The molecule has 4 aromatic rings. The van der Waals surface area contributed by atoms with E-state index in [1.165, 1.54) is 11.8 Å². The van der Waals surface area contributed by atoms with Gasteiger partial charge < -0.3 is 5.73 Å². The topological polar surface area (TPSA) is 89.3 Å². The molecule has 4 aromatic carbocycles. The predicted octanol–water partition coefficient (Wildman–Crippen LogP) is 3.47. The van der Waals surface area contributed by atoms with Gasteiger partial charge in [0.05, 0.1) is 4.90 Å². The van der Waals surface area contributed by atoms with Crippen LogP contribution >= 0.6 is 11.8 Å². The lowest BCUT2D eigenvalue weighted by Gasteiger charge is -2.18. The van der Waals surface area contributed by atoms with Crippen molar-refractivity contribution >= 4 is 60.0 Å². The van der Waals surface area contributed by atoms with Gasteiger partial charge in [0.1, 0.15) is 6.04 Å². The van der Waals surface area contributed by atoms with Crippen molar-refractivity contribution in [2.75, 3.05) is 12.0 Å². The van der Waals surface area contributed by atoms with Gasteiger partial charge >= 0.3 is 0 Å². The molecule has 0 aliphatic rings. The molecule has 7 heteroatoms. The SMILES string of the molecule is CSCC[C@H](NS(=O)(=O)c1ccc2ccc3cccc4ccc1c2c34)C(N)=O. The second-order valence-electron chi connectivity index (χ2n) is 6.78. The molecule has 0 saturated carbocycles. The van der Waals surface area contributed by atoms with E-state index in [-0.39, 0.29) is 4.90 Å². The van der Waals surface area contributed by atoms with E-state index in [9.17, 15) is 13.2 Å². The van der Waals surface area contributed by atoms with Crippen molar-refractivity contribution in [3.63, 3.8) is 0 Å². The first kappa shape index (κ1) is 19.0. The molecule has 144 valence electrons. The van der Waals surface area contributed by atoms with Crippen molar-refractivity contribution in [2.24, 2.45) is 5.73 Å². The largest absolute Gasteiger partial charge is 0.368 e. The number of hydrogen-bond acceptors (Lipinski definition) is 4. The maximum atomic E-state index is 13.1. The number of amides is 1. The van der Waals surface area contributed by atoms with E-state index in [0.29, 0.717) is 17.6 Å². The lowest BCUT2D eigenvalue weighted by molar-refractivity contribution is -0.119. The quantitative estimate of drug-likeness (QED) is 0.455. The van der Waals surface area contributed by atoms with Gasteiger partial charge in [-0.1, -0.05) is 48.5 Å². The summed E-state index contributed by atoms with van der Waals surface area (Å²) in [6.07, 6.45) is 2.25. The highest BCUT2D eigenvalue weighted by Crippen LogP contribution is 2.37. The number of primary amides is 1. The number of thioether (sulfide) groups is 1. The number of benzene rings is 4. The highest BCUT2D eigenvalue weighted by Gasteiger charge is 2.26. The number of nitrogens with one attached hydrogen (secondary N) is 1. The van der Waals surface area contributed by atoms with Crippen LogP contribution in [0.25, 0.3) is 32.3 Å². The third-order valence-electron chi connectivity index (χ3n) is 5.03. The summed E-state index contributed by atoms with van der Waals surface area (Å²) in [5.74, 6) is -0.0374. The maximum Gasteiger partial charge on any atom is 0.241 e. The van der Waals surface area contributed by atoms with Crippen LogP contribution in [0.1, 0.15) is 6.42 Å². The Labute approximate surface area is 167 Å². The normalized spacial score (nSPS) is 13.5. The lowest BCUT2D eigenvalue weighted by Crippen LogP contribution is -2.44. The Morgan fingerprint density at radius 3 is 2.25 bits per heavy atom. The molecule has 0 spiro atoms. The minimum Gasteiger partial charge on any atom is -0.368 e. The van der Waals surface area contributed by atoms with Crippen molar-refractivity contribution in [3.8, 4) is 0 Å². The summed E-state index contributed by atoms with van der Waals surface area (Å²) in [5, 5.41) is 5.71. The third-order valence-corrected chi connectivity index (χ3v) is 7.20. The van der Waals surface area contributed by atoms with Crippen LogP contribution < -0.4 is 10.5 Å². The Morgan fingerprint density at radius 1 is 1.00 bits per heavy atom. The molecule has 0 aliphatic heterocycles. The summed E-state index contributed by atoms with van der Waals surface area (Å²) in [4.78, 5) is 11.9. The zero-order chi connectivity index (χ0) is 19.9. The molecular formula is C21H20N2O3S2. The average molecular weight is 413 g/mol. The number of sulfonamides is 1. The minimum absolute atomic E-state index is 0.161. The van der Waals surface area contributed by atoms with Gasteiger partial charge in [-0.25, -0.2) is 8.42 Å². The number of nitrogens with two attached hydrogens (primary N) is 1. The van der Waals surface area contributed by atoms with Crippen LogP contribution in [0.4, 0.5) is 0 Å². The highest BCUT2D eigenvalue weighted by molar-refractivity contribution is 7.98. The van der Waals surface area contributed by atoms with Gasteiger partial charge in [-0.3, -0.25) is 4.79 Å². The fourth-order valence-electron chi connectivity index (χ4n) is 3.69.